The van der Waals surface area contributed by atoms with Gasteiger partial charge in [0.05, 0.1) is 0 Å². The van der Waals surface area contributed by atoms with Gasteiger partial charge in [0.15, 0.2) is 0 Å². The zero-order valence-corrected chi connectivity index (χ0v) is 18.9. The van der Waals surface area contributed by atoms with Gasteiger partial charge in [0.1, 0.15) is 6.29 Å². The highest BCUT2D eigenvalue weighted by Crippen LogP contribution is 2.56. The Morgan fingerprint density at radius 3 is 2.30 bits per heavy atom. The van der Waals surface area contributed by atoms with Crippen molar-refractivity contribution in [2.45, 2.75) is 84.7 Å². The SMILES string of the molecule is Cc1ccc(-c2c(C)c3c(c(C)c2CC=O)CCN(C2CCC4(CC2)CC4)C3)cc1. The predicted molar refractivity (Wildman–Crippen MR) is 124 cm³/mol. The summed E-state index contributed by atoms with van der Waals surface area (Å²) in [6.45, 7) is 8.94. The smallest absolute Gasteiger partial charge is 0.124 e. The molecular formula is C28H35NO. The second-order valence-electron chi connectivity index (χ2n) is 10.2. The molecule has 2 nitrogen and oxygen atoms in total. The van der Waals surface area contributed by atoms with Gasteiger partial charge in [-0.25, -0.2) is 0 Å². The summed E-state index contributed by atoms with van der Waals surface area (Å²) < 4.78 is 0. The Kier molecular flexibility index (Phi) is 5.09. The van der Waals surface area contributed by atoms with Gasteiger partial charge >= 0.3 is 0 Å². The van der Waals surface area contributed by atoms with E-state index in [1.165, 1.54) is 89.6 Å². The number of carbonyl (C=O) groups is 1. The summed E-state index contributed by atoms with van der Waals surface area (Å²) in [6.07, 6.45) is 11.4. The van der Waals surface area contributed by atoms with Crippen molar-refractivity contribution >= 4 is 6.29 Å². The van der Waals surface area contributed by atoms with Gasteiger partial charge in [-0.1, -0.05) is 29.8 Å². The lowest BCUT2D eigenvalue weighted by atomic mass is 9.79. The third kappa shape index (κ3) is 3.43. The quantitative estimate of drug-likeness (QED) is 0.577. The van der Waals surface area contributed by atoms with Crippen molar-refractivity contribution in [2.75, 3.05) is 6.54 Å². The summed E-state index contributed by atoms with van der Waals surface area (Å²) in [7, 11) is 0. The van der Waals surface area contributed by atoms with E-state index in [1.807, 2.05) is 0 Å². The zero-order chi connectivity index (χ0) is 20.9. The first-order valence-electron chi connectivity index (χ1n) is 11.9. The molecule has 2 fully saturated rings. The number of nitrogens with zero attached hydrogens (tertiary/aromatic N) is 1. The molecular weight excluding hydrogens is 366 g/mol. The van der Waals surface area contributed by atoms with Gasteiger partial charge in [0.2, 0.25) is 0 Å². The third-order valence-electron chi connectivity index (χ3n) is 8.53. The largest absolute Gasteiger partial charge is 0.303 e. The molecule has 0 unspecified atom stereocenters. The molecule has 1 aliphatic heterocycles. The second kappa shape index (κ2) is 7.64. The fourth-order valence-corrected chi connectivity index (χ4v) is 6.31. The minimum absolute atomic E-state index is 0.511. The van der Waals surface area contributed by atoms with E-state index in [9.17, 15) is 4.79 Å². The topological polar surface area (TPSA) is 20.3 Å². The molecule has 0 atom stereocenters. The molecule has 2 heteroatoms. The highest BCUT2D eigenvalue weighted by molar-refractivity contribution is 5.78. The van der Waals surface area contributed by atoms with Gasteiger partial charge in [0, 0.05) is 25.6 Å². The van der Waals surface area contributed by atoms with Crippen LogP contribution in [-0.4, -0.2) is 23.8 Å². The molecule has 0 aromatic heterocycles. The summed E-state index contributed by atoms with van der Waals surface area (Å²) in [5.41, 5.74) is 11.7. The molecule has 1 spiro atoms. The Morgan fingerprint density at radius 2 is 1.67 bits per heavy atom. The van der Waals surface area contributed by atoms with Crippen molar-refractivity contribution in [1.82, 2.24) is 4.90 Å². The Hall–Kier alpha value is -1.93. The normalized spacial score (nSPS) is 20.9. The molecule has 0 N–H and O–H groups in total. The summed E-state index contributed by atoms with van der Waals surface area (Å²) >= 11 is 0. The first kappa shape index (κ1) is 20.0. The monoisotopic (exact) mass is 401 g/mol. The second-order valence-corrected chi connectivity index (χ2v) is 10.2. The van der Waals surface area contributed by atoms with Crippen molar-refractivity contribution in [3.63, 3.8) is 0 Å². The molecule has 2 aliphatic carbocycles. The van der Waals surface area contributed by atoms with Crippen molar-refractivity contribution < 1.29 is 4.79 Å². The van der Waals surface area contributed by atoms with Crippen LogP contribution >= 0.6 is 0 Å². The predicted octanol–water partition coefficient (Wildman–Crippen LogP) is 6.10. The maximum Gasteiger partial charge on any atom is 0.124 e. The third-order valence-corrected chi connectivity index (χ3v) is 8.53. The van der Waals surface area contributed by atoms with Gasteiger partial charge in [0.25, 0.3) is 0 Å². The maximum atomic E-state index is 11.6. The molecule has 30 heavy (non-hydrogen) atoms. The zero-order valence-electron chi connectivity index (χ0n) is 18.9. The van der Waals surface area contributed by atoms with Gasteiger partial charge in [-0.2, -0.15) is 0 Å². The van der Waals surface area contributed by atoms with E-state index in [1.54, 1.807) is 0 Å². The minimum Gasteiger partial charge on any atom is -0.303 e. The lowest BCUT2D eigenvalue weighted by molar-refractivity contribution is -0.107. The van der Waals surface area contributed by atoms with Crippen LogP contribution in [-0.2, 0) is 24.2 Å². The molecule has 3 aliphatic rings. The van der Waals surface area contributed by atoms with E-state index in [0.29, 0.717) is 6.42 Å². The molecule has 0 saturated heterocycles. The van der Waals surface area contributed by atoms with Crippen molar-refractivity contribution in [3.05, 3.63) is 57.6 Å². The minimum atomic E-state index is 0.511. The van der Waals surface area contributed by atoms with Crippen LogP contribution in [0, 0.1) is 26.2 Å². The van der Waals surface area contributed by atoms with Crippen LogP contribution < -0.4 is 0 Å². The fourth-order valence-electron chi connectivity index (χ4n) is 6.31. The van der Waals surface area contributed by atoms with Gasteiger partial charge in [-0.15, -0.1) is 0 Å². The molecule has 158 valence electrons. The van der Waals surface area contributed by atoms with E-state index in [0.717, 1.165) is 30.7 Å². The highest BCUT2D eigenvalue weighted by atomic mass is 16.1. The Labute approximate surface area is 181 Å². The number of carbonyl (C=O) groups excluding carboxylic acids is 1. The van der Waals surface area contributed by atoms with Crippen LogP contribution in [0.3, 0.4) is 0 Å². The lowest BCUT2D eigenvalue weighted by Crippen LogP contribution is -2.42. The van der Waals surface area contributed by atoms with Crippen LogP contribution in [0.25, 0.3) is 11.1 Å². The standard InChI is InChI=1S/C28H35NO/c1-19-4-6-22(7-5-19)27-21(3)26-18-29(23-8-12-28(13-9-23)14-15-28)16-10-24(26)20(2)25(27)11-17-30/h4-7,17,23H,8-16,18H2,1-3H3. The molecule has 2 aromatic carbocycles. The van der Waals surface area contributed by atoms with Gasteiger partial charge in [-0.3, -0.25) is 4.90 Å². The highest BCUT2D eigenvalue weighted by Gasteiger charge is 2.45. The van der Waals surface area contributed by atoms with Crippen LogP contribution in [0.5, 0.6) is 0 Å². The molecule has 0 radical (unpaired) electrons. The van der Waals surface area contributed by atoms with E-state index in [-0.39, 0.29) is 0 Å². The number of fused-ring (bicyclic) bond motifs is 1. The summed E-state index contributed by atoms with van der Waals surface area (Å²) in [5.74, 6) is 0. The number of benzene rings is 2. The van der Waals surface area contributed by atoms with Crippen molar-refractivity contribution in [2.24, 2.45) is 5.41 Å². The molecule has 0 bridgehead atoms. The van der Waals surface area contributed by atoms with Gasteiger partial charge in [-0.05, 0) is 110 Å². The van der Waals surface area contributed by atoms with E-state index in [4.69, 9.17) is 0 Å². The molecule has 5 rings (SSSR count). The van der Waals surface area contributed by atoms with E-state index >= 15 is 0 Å². The Bertz CT molecular complexity index is 957. The number of aldehydes is 1. The van der Waals surface area contributed by atoms with Crippen molar-refractivity contribution in [1.29, 1.82) is 0 Å². The first-order valence-corrected chi connectivity index (χ1v) is 11.9. The van der Waals surface area contributed by atoms with E-state index in [2.05, 4.69) is 49.9 Å². The molecule has 2 aromatic rings. The Morgan fingerprint density at radius 1 is 0.967 bits per heavy atom. The van der Waals surface area contributed by atoms with Crippen LogP contribution in [0.1, 0.15) is 71.9 Å². The molecule has 2 saturated carbocycles. The molecule has 1 heterocycles. The van der Waals surface area contributed by atoms with Gasteiger partial charge < -0.3 is 4.79 Å². The fraction of sp³-hybridized carbons (Fsp3) is 0.536. The maximum absolute atomic E-state index is 11.6. The summed E-state index contributed by atoms with van der Waals surface area (Å²) in [5, 5.41) is 0. The van der Waals surface area contributed by atoms with Crippen LogP contribution in [0.2, 0.25) is 0 Å². The first-order chi connectivity index (χ1) is 14.5. The number of rotatable bonds is 4. The Balaban J connectivity index is 1.51. The average molecular weight is 402 g/mol. The summed E-state index contributed by atoms with van der Waals surface area (Å²) in [4.78, 5) is 14.3. The number of hydrogen-bond donors (Lipinski definition) is 0. The van der Waals surface area contributed by atoms with Crippen LogP contribution in [0.4, 0.5) is 0 Å². The van der Waals surface area contributed by atoms with E-state index < -0.39 is 0 Å². The lowest BCUT2D eigenvalue weighted by Gasteiger charge is -2.41. The molecule has 0 amide bonds. The number of aryl methyl sites for hydroxylation is 1. The average Bonchev–Trinajstić information content (AvgIpc) is 3.52. The van der Waals surface area contributed by atoms with Crippen LogP contribution in [0.15, 0.2) is 24.3 Å². The number of hydrogen-bond acceptors (Lipinski definition) is 2. The van der Waals surface area contributed by atoms with Crippen molar-refractivity contribution in [3.8, 4) is 11.1 Å². The summed E-state index contributed by atoms with van der Waals surface area (Å²) in [6, 6.07) is 9.61.